The van der Waals surface area contributed by atoms with Crippen molar-refractivity contribution >= 4 is 34.7 Å². The summed E-state index contributed by atoms with van der Waals surface area (Å²) in [5.41, 5.74) is 0.357. The zero-order valence-corrected chi connectivity index (χ0v) is 20.4. The number of nitrogens with one attached hydrogen (secondary N) is 2. The van der Waals surface area contributed by atoms with Crippen LogP contribution >= 0.6 is 0 Å². The van der Waals surface area contributed by atoms with E-state index in [2.05, 4.69) is 15.5 Å². The van der Waals surface area contributed by atoms with Crippen LogP contribution in [0.5, 0.6) is 0 Å². The monoisotopic (exact) mass is 510 g/mol. The molecule has 2 aliphatic heterocycles. The molecule has 3 atom stereocenters. The average Bonchev–Trinajstić information content (AvgIpc) is 3.24. The predicted octanol–water partition coefficient (Wildman–Crippen LogP) is 3.77. The molecular weight excluding hydrogens is 483 g/mol. The van der Waals surface area contributed by atoms with E-state index in [9.17, 15) is 19.7 Å². The molecule has 2 fully saturated rings. The fourth-order valence-corrected chi connectivity index (χ4v) is 4.66. The maximum Gasteiger partial charge on any atom is 0.414 e. The molecule has 12 heteroatoms. The first-order valence-electron chi connectivity index (χ1n) is 11.8. The van der Waals surface area contributed by atoms with Crippen LogP contribution in [0.3, 0.4) is 0 Å². The number of amides is 2. The summed E-state index contributed by atoms with van der Waals surface area (Å²) < 4.78 is 20.5. The molecule has 2 aromatic rings. The van der Waals surface area contributed by atoms with Crippen molar-refractivity contribution in [1.82, 2.24) is 5.32 Å². The molecule has 0 spiro atoms. The molecule has 11 nitrogen and oxygen atoms in total. The van der Waals surface area contributed by atoms with Gasteiger partial charge in [0.05, 0.1) is 41.7 Å². The number of hydrogen-bond acceptors (Lipinski definition) is 7. The SMILES string of the molecule is [C-]#[N+]C1(Nc2ccc([N+](=O)[O-])cc2)CCN(c2ccc(N3C[C@H](CNC(C)=O)OC3=O)cc2F)CC1C. The maximum absolute atomic E-state index is 15.2. The fourth-order valence-electron chi connectivity index (χ4n) is 4.66. The molecule has 4 rings (SSSR count). The Hall–Kier alpha value is -4.40. The molecule has 2 unspecified atom stereocenters. The van der Waals surface area contributed by atoms with Gasteiger partial charge in [0.15, 0.2) is 0 Å². The van der Waals surface area contributed by atoms with Gasteiger partial charge in [0.1, 0.15) is 11.9 Å². The fraction of sp³-hybridized carbons (Fsp3) is 0.400. The van der Waals surface area contributed by atoms with Crippen LogP contribution in [0.1, 0.15) is 20.3 Å². The van der Waals surface area contributed by atoms with E-state index >= 15 is 4.39 Å². The number of carbonyl (C=O) groups excluding carboxylic acids is 2. The number of rotatable bonds is 7. The minimum atomic E-state index is -0.939. The zero-order chi connectivity index (χ0) is 26.7. The van der Waals surface area contributed by atoms with E-state index in [1.807, 2.05) is 11.8 Å². The second-order valence-corrected chi connectivity index (χ2v) is 9.25. The lowest BCUT2D eigenvalue weighted by atomic mass is 9.86. The molecular formula is C25H27FN6O5. The van der Waals surface area contributed by atoms with E-state index in [1.165, 1.54) is 30.0 Å². The smallest absolute Gasteiger partial charge is 0.414 e. The number of nitrogens with zero attached hydrogens (tertiary/aromatic N) is 4. The molecule has 2 heterocycles. The van der Waals surface area contributed by atoms with Gasteiger partial charge < -0.3 is 20.3 Å². The summed E-state index contributed by atoms with van der Waals surface area (Å²) >= 11 is 0. The molecule has 0 saturated carbocycles. The number of benzene rings is 2. The number of anilines is 3. The summed E-state index contributed by atoms with van der Waals surface area (Å²) in [5, 5.41) is 16.7. The molecule has 0 radical (unpaired) electrons. The van der Waals surface area contributed by atoms with E-state index in [0.29, 0.717) is 36.6 Å². The number of hydrogen-bond donors (Lipinski definition) is 2. The molecule has 0 bridgehead atoms. The summed E-state index contributed by atoms with van der Waals surface area (Å²) in [6.07, 6.45) is -0.723. The van der Waals surface area contributed by atoms with E-state index < -0.39 is 28.6 Å². The first-order valence-corrected chi connectivity index (χ1v) is 11.8. The Morgan fingerprint density at radius 3 is 2.62 bits per heavy atom. The summed E-state index contributed by atoms with van der Waals surface area (Å²) in [6, 6.07) is 10.5. The van der Waals surface area contributed by atoms with Gasteiger partial charge in [-0.05, 0) is 30.3 Å². The number of non-ortho nitro benzene ring substituents is 1. The topological polar surface area (TPSA) is 121 Å². The van der Waals surface area contributed by atoms with Gasteiger partial charge in [0.2, 0.25) is 5.91 Å². The largest absolute Gasteiger partial charge is 0.442 e. The number of carbonyl (C=O) groups is 2. The van der Waals surface area contributed by atoms with Crippen molar-refractivity contribution < 1.29 is 23.6 Å². The second-order valence-electron chi connectivity index (χ2n) is 9.25. The summed E-state index contributed by atoms with van der Waals surface area (Å²) in [7, 11) is 0. The van der Waals surface area contributed by atoms with Gasteiger partial charge in [-0.25, -0.2) is 15.8 Å². The number of halogens is 1. The molecule has 37 heavy (non-hydrogen) atoms. The Labute approximate surface area is 213 Å². The van der Waals surface area contributed by atoms with Crippen LogP contribution in [0.4, 0.5) is 31.9 Å². The summed E-state index contributed by atoms with van der Waals surface area (Å²) in [4.78, 5) is 40.9. The van der Waals surface area contributed by atoms with Crippen LogP contribution in [0.25, 0.3) is 4.85 Å². The van der Waals surface area contributed by atoms with Gasteiger partial charge in [-0.2, -0.15) is 0 Å². The second kappa shape index (κ2) is 10.3. The lowest BCUT2D eigenvalue weighted by molar-refractivity contribution is -0.384. The molecule has 2 saturated heterocycles. The van der Waals surface area contributed by atoms with Gasteiger partial charge in [0.25, 0.3) is 5.69 Å². The first kappa shape index (κ1) is 25.7. The van der Waals surface area contributed by atoms with Gasteiger partial charge in [-0.1, -0.05) is 6.92 Å². The molecule has 2 amide bonds. The Balaban J connectivity index is 1.43. The molecule has 2 aromatic carbocycles. The van der Waals surface area contributed by atoms with Crippen molar-refractivity contribution in [2.24, 2.45) is 5.92 Å². The summed E-state index contributed by atoms with van der Waals surface area (Å²) in [6.45, 7) is 12.3. The molecule has 0 aromatic heterocycles. The van der Waals surface area contributed by atoms with Crippen LogP contribution < -0.4 is 20.4 Å². The van der Waals surface area contributed by atoms with Crippen molar-refractivity contribution in [3.8, 4) is 0 Å². The van der Waals surface area contributed by atoms with Gasteiger partial charge in [-0.3, -0.25) is 24.7 Å². The lowest BCUT2D eigenvalue weighted by Gasteiger charge is -2.40. The Morgan fingerprint density at radius 1 is 1.30 bits per heavy atom. The standard InChI is InChI=1S/C25H27FN6O5/c1-16-14-30(11-10-25(16,27-3)29-18-4-6-19(7-5-18)32(35)36)23-9-8-20(12-22(23)26)31-15-21(37-24(31)34)13-28-17(2)33/h4-9,12,16,21,29H,10-11,13-15H2,1-2H3,(H,28,33)/t16?,21-,25?/m0/s1. The Bertz CT molecular complexity index is 1250. The van der Waals surface area contributed by atoms with Crippen molar-refractivity contribution in [3.63, 3.8) is 0 Å². The van der Waals surface area contributed by atoms with Crippen LogP contribution in [0.2, 0.25) is 0 Å². The van der Waals surface area contributed by atoms with Crippen LogP contribution in [-0.4, -0.2) is 54.9 Å². The van der Waals surface area contributed by atoms with Crippen molar-refractivity contribution in [2.45, 2.75) is 32.0 Å². The van der Waals surface area contributed by atoms with Crippen molar-refractivity contribution in [3.05, 3.63) is 69.8 Å². The maximum atomic E-state index is 15.2. The number of nitro groups is 1. The van der Waals surface area contributed by atoms with Crippen LogP contribution in [0, 0.1) is 28.4 Å². The minimum absolute atomic E-state index is 0.0327. The molecule has 2 aliphatic rings. The first-order chi connectivity index (χ1) is 17.6. The highest BCUT2D eigenvalue weighted by atomic mass is 19.1. The molecule has 2 N–H and O–H groups in total. The minimum Gasteiger partial charge on any atom is -0.442 e. The van der Waals surface area contributed by atoms with Crippen LogP contribution in [-0.2, 0) is 9.53 Å². The number of cyclic esters (lactones) is 1. The average molecular weight is 511 g/mol. The highest BCUT2D eigenvalue weighted by Crippen LogP contribution is 2.37. The highest BCUT2D eigenvalue weighted by molar-refractivity contribution is 5.90. The molecule has 0 aliphatic carbocycles. The zero-order valence-electron chi connectivity index (χ0n) is 20.4. The summed E-state index contributed by atoms with van der Waals surface area (Å²) in [5.74, 6) is -0.927. The van der Waals surface area contributed by atoms with Gasteiger partial charge in [-0.15, -0.1) is 0 Å². The van der Waals surface area contributed by atoms with E-state index in [0.717, 1.165) is 0 Å². The predicted molar refractivity (Wildman–Crippen MR) is 135 cm³/mol. The van der Waals surface area contributed by atoms with Crippen molar-refractivity contribution in [1.29, 1.82) is 0 Å². The quantitative estimate of drug-likeness (QED) is 0.330. The van der Waals surface area contributed by atoms with Gasteiger partial charge >= 0.3 is 11.8 Å². The third-order valence-electron chi connectivity index (χ3n) is 6.75. The third kappa shape index (κ3) is 5.40. The lowest BCUT2D eigenvalue weighted by Crippen LogP contribution is -2.53. The van der Waals surface area contributed by atoms with Crippen molar-refractivity contribution in [2.75, 3.05) is 41.3 Å². The Morgan fingerprint density at radius 2 is 2.03 bits per heavy atom. The normalized spacial score (nSPS) is 23.2. The third-order valence-corrected chi connectivity index (χ3v) is 6.75. The highest BCUT2D eigenvalue weighted by Gasteiger charge is 2.47. The molecule has 194 valence electrons. The van der Waals surface area contributed by atoms with E-state index in [4.69, 9.17) is 11.3 Å². The number of piperidine rings is 1. The van der Waals surface area contributed by atoms with E-state index in [1.54, 1.807) is 24.3 Å². The Kier molecular flexibility index (Phi) is 7.15. The van der Waals surface area contributed by atoms with E-state index in [-0.39, 0.29) is 30.6 Å². The number of ether oxygens (including phenoxy) is 1. The number of nitro benzene ring substituents is 1. The van der Waals surface area contributed by atoms with Gasteiger partial charge in [0, 0.05) is 37.8 Å². The van der Waals surface area contributed by atoms with Crippen LogP contribution in [0.15, 0.2) is 42.5 Å².